The van der Waals surface area contributed by atoms with E-state index in [0.717, 1.165) is 18.8 Å². The molecule has 1 aromatic heterocycles. The summed E-state index contributed by atoms with van der Waals surface area (Å²) < 4.78 is 9.20. The lowest BCUT2D eigenvalue weighted by Gasteiger charge is -2.35. The van der Waals surface area contributed by atoms with Crippen LogP contribution in [0.1, 0.15) is 11.7 Å². The number of hydrogen-bond donors (Lipinski definition) is 0. The lowest BCUT2D eigenvalue weighted by atomic mass is 10.1. The molecule has 1 aromatic rings. The molecule has 3 aliphatic rings. The highest BCUT2D eigenvalue weighted by molar-refractivity contribution is 6.19. The summed E-state index contributed by atoms with van der Waals surface area (Å²) in [5.41, 5.74) is 1.000. The number of amides is 3. The zero-order chi connectivity index (χ0) is 19.1. The highest BCUT2D eigenvalue weighted by Crippen LogP contribution is 2.29. The number of morpholine rings is 1. The van der Waals surface area contributed by atoms with E-state index in [1.807, 2.05) is 22.3 Å². The number of urea groups is 1. The van der Waals surface area contributed by atoms with E-state index in [0.29, 0.717) is 44.6 Å². The lowest BCUT2D eigenvalue weighted by Crippen LogP contribution is -2.63. The molecule has 9 nitrogen and oxygen atoms in total. The standard InChI is InChI=1S/C18H25N6O3/c1-4-5-22-13(2)12-24-14-15(19-17(22)24)20(3)18(26)23(16(14)25)7-6-21-8-10-27-11-9-21/h4,12,14H,1,5-11H2,2-3H3/q+1. The first-order valence-corrected chi connectivity index (χ1v) is 9.23. The van der Waals surface area contributed by atoms with Crippen molar-refractivity contribution in [3.8, 4) is 0 Å². The van der Waals surface area contributed by atoms with Gasteiger partial charge in [0.25, 0.3) is 5.91 Å². The molecule has 0 aromatic carbocycles. The summed E-state index contributed by atoms with van der Waals surface area (Å²) in [6.45, 7) is 10.4. The fraction of sp³-hybridized carbons (Fsp3) is 0.556. The molecule has 1 unspecified atom stereocenters. The highest BCUT2D eigenvalue weighted by Gasteiger charge is 2.52. The van der Waals surface area contributed by atoms with Crippen molar-refractivity contribution >= 4 is 23.7 Å². The summed E-state index contributed by atoms with van der Waals surface area (Å²) in [4.78, 5) is 35.6. The van der Waals surface area contributed by atoms with Gasteiger partial charge >= 0.3 is 12.0 Å². The Morgan fingerprint density at radius 2 is 2.07 bits per heavy atom. The Balaban J connectivity index is 1.59. The van der Waals surface area contributed by atoms with Crippen molar-refractivity contribution in [1.82, 2.24) is 19.3 Å². The molecule has 0 radical (unpaired) electrons. The van der Waals surface area contributed by atoms with Crippen LogP contribution in [0, 0.1) is 6.92 Å². The molecule has 0 aliphatic carbocycles. The van der Waals surface area contributed by atoms with Crippen LogP contribution in [0.4, 0.5) is 10.7 Å². The van der Waals surface area contributed by atoms with Gasteiger partial charge in [0.05, 0.1) is 19.8 Å². The number of imidazole rings is 1. The first-order valence-electron chi connectivity index (χ1n) is 9.23. The maximum absolute atomic E-state index is 13.2. The smallest absolute Gasteiger partial charge is 0.379 e. The summed E-state index contributed by atoms with van der Waals surface area (Å²) >= 11 is 0. The number of aromatic nitrogens is 2. The predicted molar refractivity (Wildman–Crippen MR) is 97.8 cm³/mol. The average molecular weight is 373 g/mol. The molecular formula is C18H25N6O3+. The molecule has 9 heteroatoms. The van der Waals surface area contributed by atoms with E-state index in [9.17, 15) is 9.59 Å². The van der Waals surface area contributed by atoms with Crippen molar-refractivity contribution in [2.45, 2.75) is 19.5 Å². The number of hydrogen-bond acceptors (Lipinski definition) is 5. The third-order valence-corrected chi connectivity index (χ3v) is 5.38. The number of allylic oxidation sites excluding steroid dienone is 1. The van der Waals surface area contributed by atoms with Gasteiger partial charge in [-0.3, -0.25) is 19.5 Å². The van der Waals surface area contributed by atoms with Gasteiger partial charge in [-0.05, 0) is 6.92 Å². The topological polar surface area (TPSA) is 74.3 Å². The van der Waals surface area contributed by atoms with Crippen LogP contribution < -0.4 is 4.57 Å². The van der Waals surface area contributed by atoms with Gasteiger partial charge in [-0.1, -0.05) is 17.6 Å². The third-order valence-electron chi connectivity index (χ3n) is 5.38. The molecule has 1 atom stereocenters. The van der Waals surface area contributed by atoms with Crippen LogP contribution in [0.3, 0.4) is 0 Å². The van der Waals surface area contributed by atoms with Crippen molar-refractivity contribution < 1.29 is 18.9 Å². The summed E-state index contributed by atoms with van der Waals surface area (Å²) in [7, 11) is 1.68. The summed E-state index contributed by atoms with van der Waals surface area (Å²) in [5, 5.41) is 0. The number of fused-ring (bicyclic) bond motifs is 3. The molecule has 0 bridgehead atoms. The normalized spacial score (nSPS) is 22.7. The van der Waals surface area contributed by atoms with E-state index >= 15 is 0 Å². The van der Waals surface area contributed by atoms with Crippen LogP contribution in [-0.2, 0) is 16.1 Å². The number of nitrogens with zero attached hydrogens (tertiary/aromatic N) is 6. The molecule has 144 valence electrons. The molecule has 3 aliphatic heterocycles. The van der Waals surface area contributed by atoms with E-state index < -0.39 is 6.04 Å². The fourth-order valence-electron chi connectivity index (χ4n) is 3.86. The molecule has 27 heavy (non-hydrogen) atoms. The molecule has 4 rings (SSSR count). The van der Waals surface area contributed by atoms with Gasteiger partial charge in [0.15, 0.2) is 0 Å². The van der Waals surface area contributed by atoms with Gasteiger partial charge in [0.2, 0.25) is 11.9 Å². The minimum absolute atomic E-state index is 0.218. The van der Waals surface area contributed by atoms with Crippen molar-refractivity contribution in [1.29, 1.82) is 0 Å². The Morgan fingerprint density at radius 1 is 1.33 bits per heavy atom. The molecule has 3 amide bonds. The number of likely N-dealkylation sites (N-methyl/N-ethyl adjacent to an activating group) is 1. The molecule has 0 spiro atoms. The second-order valence-corrected chi connectivity index (χ2v) is 7.04. The second kappa shape index (κ2) is 6.90. The van der Waals surface area contributed by atoms with Crippen molar-refractivity contribution in [2.24, 2.45) is 4.99 Å². The van der Waals surface area contributed by atoms with Crippen molar-refractivity contribution in [3.63, 3.8) is 0 Å². The first-order chi connectivity index (χ1) is 13.0. The van der Waals surface area contributed by atoms with Crippen LogP contribution in [-0.4, -0.2) is 83.5 Å². The molecule has 2 saturated heterocycles. The largest absolute Gasteiger partial charge is 0.402 e. The van der Waals surface area contributed by atoms with Crippen LogP contribution >= 0.6 is 0 Å². The Bertz CT molecular complexity index is 823. The number of carbonyl (C=O) groups excluding carboxylic acids is 2. The fourth-order valence-corrected chi connectivity index (χ4v) is 3.86. The number of rotatable bonds is 5. The Hall–Kier alpha value is -2.52. The van der Waals surface area contributed by atoms with E-state index in [1.165, 1.54) is 9.80 Å². The number of ether oxygens (including phenoxy) is 1. The maximum Gasteiger partial charge on any atom is 0.402 e. The monoisotopic (exact) mass is 373 g/mol. The Labute approximate surface area is 158 Å². The molecule has 0 saturated carbocycles. The van der Waals surface area contributed by atoms with E-state index in [1.54, 1.807) is 13.1 Å². The molecular weight excluding hydrogens is 348 g/mol. The van der Waals surface area contributed by atoms with E-state index in [-0.39, 0.29) is 11.9 Å². The number of amidine groups is 1. The number of aliphatic imine (C=N–C) groups is 1. The molecule has 4 heterocycles. The van der Waals surface area contributed by atoms with Gasteiger partial charge in [0.1, 0.15) is 11.9 Å². The summed E-state index contributed by atoms with van der Waals surface area (Å²) in [6.07, 6.45) is 3.71. The van der Waals surface area contributed by atoms with Crippen LogP contribution in [0.5, 0.6) is 0 Å². The minimum atomic E-state index is -0.586. The zero-order valence-electron chi connectivity index (χ0n) is 15.8. The lowest BCUT2D eigenvalue weighted by molar-refractivity contribution is -0.677. The summed E-state index contributed by atoms with van der Waals surface area (Å²) in [6, 6.07) is -0.904. The average Bonchev–Trinajstić information content (AvgIpc) is 3.17. The van der Waals surface area contributed by atoms with Gasteiger partial charge in [-0.2, -0.15) is 0 Å². The predicted octanol–water partition coefficient (Wildman–Crippen LogP) is 0.0809. The quantitative estimate of drug-likeness (QED) is 0.541. The Morgan fingerprint density at radius 3 is 2.78 bits per heavy atom. The number of aryl methyl sites for hydroxylation is 1. The third kappa shape index (κ3) is 2.87. The van der Waals surface area contributed by atoms with E-state index in [2.05, 4.69) is 16.5 Å². The molecule has 0 N–H and O–H groups in total. The Kier molecular flexibility index (Phi) is 4.56. The SMILES string of the molecule is C=CCn1c(C)c[n+]2c1N=C1C2C(=O)N(CCN2CCOCC2)C(=O)N1C. The van der Waals surface area contributed by atoms with Gasteiger partial charge < -0.3 is 4.74 Å². The van der Waals surface area contributed by atoms with Gasteiger partial charge in [0, 0.05) is 33.2 Å². The second-order valence-electron chi connectivity index (χ2n) is 7.04. The molecule has 2 fully saturated rings. The van der Waals surface area contributed by atoms with Crippen molar-refractivity contribution in [3.05, 3.63) is 24.5 Å². The van der Waals surface area contributed by atoms with Gasteiger partial charge in [-0.15, -0.1) is 0 Å². The van der Waals surface area contributed by atoms with Gasteiger partial charge in [-0.25, -0.2) is 13.9 Å². The highest BCUT2D eigenvalue weighted by atomic mass is 16.5. The first kappa shape index (κ1) is 17.9. The van der Waals surface area contributed by atoms with Crippen LogP contribution in [0.2, 0.25) is 0 Å². The zero-order valence-corrected chi connectivity index (χ0v) is 15.8. The van der Waals surface area contributed by atoms with Crippen LogP contribution in [0.25, 0.3) is 0 Å². The van der Waals surface area contributed by atoms with Crippen LogP contribution in [0.15, 0.2) is 23.8 Å². The van der Waals surface area contributed by atoms with E-state index in [4.69, 9.17) is 4.74 Å². The van der Waals surface area contributed by atoms with Crippen molar-refractivity contribution in [2.75, 3.05) is 46.4 Å². The number of carbonyl (C=O) groups is 2. The number of imide groups is 1. The minimum Gasteiger partial charge on any atom is -0.379 e. The maximum atomic E-state index is 13.2. The summed E-state index contributed by atoms with van der Waals surface area (Å²) in [5.74, 6) is 0.945.